The van der Waals surface area contributed by atoms with E-state index < -0.39 is 15.9 Å². The van der Waals surface area contributed by atoms with Crippen molar-refractivity contribution in [3.8, 4) is 5.75 Å². The van der Waals surface area contributed by atoms with Crippen molar-refractivity contribution in [3.05, 3.63) is 88.9 Å². The van der Waals surface area contributed by atoms with Gasteiger partial charge in [-0.3, -0.25) is 4.79 Å². The molecule has 0 aliphatic rings. The molecule has 0 aromatic heterocycles. The fraction of sp³-hybridized carbons (Fsp3) is 0.296. The highest BCUT2D eigenvalue weighted by Gasteiger charge is 2.30. The van der Waals surface area contributed by atoms with E-state index in [9.17, 15) is 13.2 Å². The van der Waals surface area contributed by atoms with Gasteiger partial charge >= 0.3 is 0 Å². The maximum Gasteiger partial charge on any atom is 0.270 e. The average Bonchev–Trinajstić information content (AvgIpc) is 2.83. The molecule has 0 saturated heterocycles. The van der Waals surface area contributed by atoms with Crippen molar-refractivity contribution in [1.29, 1.82) is 0 Å². The predicted octanol–water partition coefficient (Wildman–Crippen LogP) is 6.57. The highest BCUT2D eigenvalue weighted by molar-refractivity contribution is 7.93. The Hall–Kier alpha value is -2.83. The fourth-order valence-electron chi connectivity index (χ4n) is 3.46. The summed E-state index contributed by atoms with van der Waals surface area (Å²) in [6.45, 7) is 4.29. The molecule has 0 spiro atoms. The summed E-state index contributed by atoms with van der Waals surface area (Å²) < 4.78 is 33.6. The quantitative estimate of drug-likeness (QED) is 0.280. The third kappa shape index (κ3) is 6.84. The normalized spacial score (nSPS) is 11.3. The van der Waals surface area contributed by atoms with Crippen LogP contribution in [0.2, 0.25) is 5.02 Å². The van der Waals surface area contributed by atoms with Crippen LogP contribution in [0.3, 0.4) is 0 Å². The molecule has 0 aliphatic carbocycles. The van der Waals surface area contributed by atoms with Crippen LogP contribution in [0, 0.1) is 6.92 Å². The second kappa shape index (κ2) is 12.0. The van der Waals surface area contributed by atoms with E-state index >= 15 is 0 Å². The van der Waals surface area contributed by atoms with E-state index in [-0.39, 0.29) is 17.9 Å². The van der Waals surface area contributed by atoms with Gasteiger partial charge in [-0.25, -0.2) is 12.7 Å². The van der Waals surface area contributed by atoms with Crippen LogP contribution in [-0.4, -0.2) is 20.9 Å². The molecular weight excluding hydrogens is 470 g/mol. The van der Waals surface area contributed by atoms with Crippen LogP contribution < -0.4 is 9.04 Å². The van der Waals surface area contributed by atoms with Crippen LogP contribution in [0.1, 0.15) is 43.7 Å². The van der Waals surface area contributed by atoms with Gasteiger partial charge in [0, 0.05) is 11.4 Å². The van der Waals surface area contributed by atoms with Gasteiger partial charge in [-0.05, 0) is 80.3 Å². The Morgan fingerprint density at radius 2 is 1.56 bits per heavy atom. The van der Waals surface area contributed by atoms with Gasteiger partial charge in [-0.15, -0.1) is 0 Å². The van der Waals surface area contributed by atoms with Crippen LogP contribution in [0.15, 0.2) is 77.7 Å². The molecule has 0 atom stereocenters. The molecule has 1 amide bonds. The molecule has 0 saturated carbocycles. The third-order valence-corrected chi connectivity index (χ3v) is 7.41. The van der Waals surface area contributed by atoms with Gasteiger partial charge in [0.1, 0.15) is 5.75 Å². The van der Waals surface area contributed by atoms with Crippen LogP contribution >= 0.6 is 11.6 Å². The van der Waals surface area contributed by atoms with Gasteiger partial charge in [0.15, 0.2) is 0 Å². The van der Waals surface area contributed by atoms with Crippen molar-refractivity contribution in [1.82, 2.24) is 0 Å². The van der Waals surface area contributed by atoms with Crippen molar-refractivity contribution in [2.45, 2.75) is 50.8 Å². The highest BCUT2D eigenvalue weighted by Crippen LogP contribution is 2.26. The number of halogens is 1. The first kappa shape index (κ1) is 25.8. The average molecular weight is 500 g/mol. The molecule has 5 nitrogen and oxygen atoms in total. The van der Waals surface area contributed by atoms with E-state index in [0.717, 1.165) is 34.7 Å². The molecule has 3 aromatic carbocycles. The molecule has 3 aromatic rings. The molecule has 0 radical (unpaired) electrons. The lowest BCUT2D eigenvalue weighted by molar-refractivity contribution is -0.117. The van der Waals surface area contributed by atoms with Crippen molar-refractivity contribution in [2.24, 2.45) is 0 Å². The minimum absolute atomic E-state index is 0.0241. The Morgan fingerprint density at radius 1 is 0.912 bits per heavy atom. The number of hydrogen-bond acceptors (Lipinski definition) is 4. The molecule has 180 valence electrons. The van der Waals surface area contributed by atoms with Gasteiger partial charge in [0.05, 0.1) is 17.2 Å². The minimum atomic E-state index is -4.07. The number of unbranched alkanes of at least 4 members (excludes halogenated alkanes) is 1. The number of nitrogens with zero attached hydrogens (tertiary/aromatic N) is 1. The number of amides is 1. The number of hydrogen-bond donors (Lipinski definition) is 0. The number of sulfonamides is 1. The smallest absolute Gasteiger partial charge is 0.270 e. The van der Waals surface area contributed by atoms with E-state index in [0.29, 0.717) is 22.9 Å². The zero-order valence-corrected chi connectivity index (χ0v) is 21.1. The van der Waals surface area contributed by atoms with E-state index in [1.807, 2.05) is 19.1 Å². The fourth-order valence-corrected chi connectivity index (χ4v) is 5.03. The summed E-state index contributed by atoms with van der Waals surface area (Å²) in [6.07, 6.45) is 3.44. The standard InChI is InChI=1S/C27H30ClNO4S/c1-3-4-6-22-10-14-24(15-11-22)29(34(31,32)26-18-8-21(2)9-19-26)27(30)7-5-20-33-25-16-12-23(28)13-17-25/h8-19H,3-7,20H2,1-2H3. The second-order valence-electron chi connectivity index (χ2n) is 8.15. The largest absolute Gasteiger partial charge is 0.494 e. The van der Waals surface area contributed by atoms with Crippen LogP contribution in [0.25, 0.3) is 0 Å². The Morgan fingerprint density at radius 3 is 2.18 bits per heavy atom. The van der Waals surface area contributed by atoms with Gasteiger partial charge in [-0.2, -0.15) is 0 Å². The van der Waals surface area contributed by atoms with Crippen LogP contribution in [0.5, 0.6) is 5.75 Å². The van der Waals surface area contributed by atoms with Gasteiger partial charge in [-0.1, -0.05) is 54.8 Å². The Balaban J connectivity index is 1.78. The molecule has 0 heterocycles. The van der Waals surface area contributed by atoms with E-state index in [2.05, 4.69) is 6.92 Å². The van der Waals surface area contributed by atoms with Crippen molar-refractivity contribution < 1.29 is 17.9 Å². The molecule has 34 heavy (non-hydrogen) atoms. The summed E-state index contributed by atoms with van der Waals surface area (Å²) in [4.78, 5) is 13.3. The van der Waals surface area contributed by atoms with Crippen LogP contribution in [-0.2, 0) is 21.2 Å². The molecule has 0 aliphatic heterocycles. The zero-order valence-electron chi connectivity index (χ0n) is 19.5. The first-order chi connectivity index (χ1) is 16.3. The second-order valence-corrected chi connectivity index (χ2v) is 10.4. The van der Waals surface area contributed by atoms with Gasteiger partial charge < -0.3 is 4.74 Å². The van der Waals surface area contributed by atoms with Crippen molar-refractivity contribution in [2.75, 3.05) is 10.9 Å². The number of aryl methyl sites for hydroxylation is 2. The Labute approximate surface area is 207 Å². The number of benzene rings is 3. The molecule has 0 N–H and O–H groups in total. The molecule has 0 bridgehead atoms. The lowest BCUT2D eigenvalue weighted by Crippen LogP contribution is -2.37. The monoisotopic (exact) mass is 499 g/mol. The minimum Gasteiger partial charge on any atom is -0.494 e. The molecule has 0 fully saturated rings. The number of carbonyl (C=O) groups is 1. The summed E-state index contributed by atoms with van der Waals surface area (Å²) in [5.41, 5.74) is 2.39. The SMILES string of the molecule is CCCCc1ccc(N(C(=O)CCCOc2ccc(Cl)cc2)S(=O)(=O)c2ccc(C)cc2)cc1. The maximum absolute atomic E-state index is 13.5. The number of rotatable bonds is 11. The van der Waals surface area contributed by atoms with E-state index in [1.165, 1.54) is 12.1 Å². The molecular formula is C27H30ClNO4S. The third-order valence-electron chi connectivity index (χ3n) is 5.39. The lowest BCUT2D eigenvalue weighted by atomic mass is 10.1. The number of anilines is 1. The molecule has 7 heteroatoms. The first-order valence-electron chi connectivity index (χ1n) is 11.4. The van der Waals surface area contributed by atoms with Crippen molar-refractivity contribution in [3.63, 3.8) is 0 Å². The molecule has 0 unspecified atom stereocenters. The summed E-state index contributed by atoms with van der Waals surface area (Å²) >= 11 is 5.88. The topological polar surface area (TPSA) is 63.7 Å². The van der Waals surface area contributed by atoms with Gasteiger partial charge in [0.25, 0.3) is 10.0 Å². The summed E-state index contributed by atoms with van der Waals surface area (Å²) in [5.74, 6) is 0.144. The van der Waals surface area contributed by atoms with Crippen LogP contribution in [0.4, 0.5) is 5.69 Å². The Kier molecular flexibility index (Phi) is 9.13. The summed E-state index contributed by atoms with van der Waals surface area (Å²) in [6, 6.07) is 20.7. The molecule has 3 rings (SSSR count). The van der Waals surface area contributed by atoms with Crippen molar-refractivity contribution >= 4 is 33.2 Å². The predicted molar refractivity (Wildman–Crippen MR) is 137 cm³/mol. The number of ether oxygens (including phenoxy) is 1. The zero-order chi connectivity index (χ0) is 24.6. The van der Waals surface area contributed by atoms with Gasteiger partial charge in [0.2, 0.25) is 5.91 Å². The summed E-state index contributed by atoms with van der Waals surface area (Å²) in [5, 5.41) is 0.611. The van der Waals surface area contributed by atoms with E-state index in [1.54, 1.807) is 48.5 Å². The Bertz CT molecular complexity index is 1170. The van der Waals surface area contributed by atoms with E-state index in [4.69, 9.17) is 16.3 Å². The maximum atomic E-state index is 13.5. The number of carbonyl (C=O) groups excluding carboxylic acids is 1. The first-order valence-corrected chi connectivity index (χ1v) is 13.2. The summed E-state index contributed by atoms with van der Waals surface area (Å²) in [7, 11) is -4.07. The lowest BCUT2D eigenvalue weighted by Gasteiger charge is -2.23. The highest BCUT2D eigenvalue weighted by atomic mass is 35.5.